The number of nitrogens with one attached hydrogen (secondary N) is 2. The second-order valence-corrected chi connectivity index (χ2v) is 4.17. The van der Waals surface area contributed by atoms with Crippen molar-refractivity contribution in [3.8, 4) is 0 Å². The summed E-state index contributed by atoms with van der Waals surface area (Å²) in [5.74, 6) is -0.473. The second kappa shape index (κ2) is 4.09. The molecule has 1 aliphatic rings. The summed E-state index contributed by atoms with van der Waals surface area (Å²) < 4.78 is 0. The van der Waals surface area contributed by atoms with Crippen molar-refractivity contribution in [1.82, 2.24) is 10.3 Å². The number of rotatable bonds is 2. The van der Waals surface area contributed by atoms with Crippen molar-refractivity contribution in [2.45, 2.75) is 18.8 Å². The maximum Gasteiger partial charge on any atom is 0.270 e. The lowest BCUT2D eigenvalue weighted by Crippen LogP contribution is -2.20. The molecule has 6 heteroatoms. The summed E-state index contributed by atoms with van der Waals surface area (Å²) in [6.45, 7) is 2.03. The van der Waals surface area contributed by atoms with E-state index in [-0.39, 0.29) is 11.8 Å². The molecule has 0 fully saturated rings. The monoisotopic (exact) mass is 239 g/mol. The van der Waals surface area contributed by atoms with Crippen LogP contribution < -0.4 is 10.6 Å². The average Bonchev–Trinajstić information content (AvgIpc) is 2.60. The van der Waals surface area contributed by atoms with Crippen LogP contribution in [0.1, 0.15) is 23.0 Å². The lowest BCUT2D eigenvalue weighted by atomic mass is 10.2. The van der Waals surface area contributed by atoms with Crippen molar-refractivity contribution in [2.24, 2.45) is 0 Å². The van der Waals surface area contributed by atoms with E-state index in [0.29, 0.717) is 17.9 Å². The number of alkyl halides is 1. The molecule has 1 aromatic heterocycles. The Balaban J connectivity index is 2.20. The molecule has 2 heterocycles. The highest BCUT2D eigenvalue weighted by Crippen LogP contribution is 2.17. The Labute approximate surface area is 97.2 Å². The van der Waals surface area contributed by atoms with Crippen molar-refractivity contribution in [3.63, 3.8) is 0 Å². The first kappa shape index (κ1) is 10.9. The number of aromatic nitrogens is 1. The van der Waals surface area contributed by atoms with Crippen molar-refractivity contribution in [2.75, 3.05) is 5.32 Å². The minimum absolute atomic E-state index is 0.182. The van der Waals surface area contributed by atoms with E-state index < -0.39 is 5.38 Å². The van der Waals surface area contributed by atoms with Gasteiger partial charge in [-0.1, -0.05) is 0 Å². The normalized spacial score (nSPS) is 15.2. The molecule has 0 aromatic carbocycles. The van der Waals surface area contributed by atoms with Gasteiger partial charge in [0, 0.05) is 12.1 Å². The van der Waals surface area contributed by atoms with E-state index in [1.54, 1.807) is 13.0 Å². The lowest BCUT2D eigenvalue weighted by Gasteiger charge is -2.06. The molecule has 1 unspecified atom stereocenters. The molecule has 2 N–H and O–H groups in total. The molecule has 84 valence electrons. The summed E-state index contributed by atoms with van der Waals surface area (Å²) in [5, 5.41) is 4.66. The number of fused-ring (bicyclic) bond motifs is 1. The van der Waals surface area contributed by atoms with E-state index in [1.165, 1.54) is 6.20 Å². The van der Waals surface area contributed by atoms with Crippen LogP contribution in [0.4, 0.5) is 5.69 Å². The predicted molar refractivity (Wildman–Crippen MR) is 59.4 cm³/mol. The summed E-state index contributed by atoms with van der Waals surface area (Å²) in [6, 6.07) is 1.72. The van der Waals surface area contributed by atoms with Crippen LogP contribution in [-0.4, -0.2) is 22.2 Å². The topological polar surface area (TPSA) is 71.1 Å². The zero-order valence-corrected chi connectivity index (χ0v) is 9.34. The van der Waals surface area contributed by atoms with Crippen LogP contribution in [0.2, 0.25) is 0 Å². The van der Waals surface area contributed by atoms with Gasteiger partial charge in [0.05, 0.1) is 11.9 Å². The smallest absolute Gasteiger partial charge is 0.270 e. The molecule has 1 atom stereocenters. The number of carbonyl (C=O) groups excluding carboxylic acids is 2. The van der Waals surface area contributed by atoms with E-state index >= 15 is 0 Å². The first-order valence-electron chi connectivity index (χ1n) is 4.80. The first-order chi connectivity index (χ1) is 7.58. The molecule has 1 aliphatic heterocycles. The van der Waals surface area contributed by atoms with Gasteiger partial charge in [-0.25, -0.2) is 4.98 Å². The Morgan fingerprint density at radius 1 is 1.69 bits per heavy atom. The Morgan fingerprint density at radius 3 is 3.12 bits per heavy atom. The molecule has 1 aromatic rings. The first-order valence-corrected chi connectivity index (χ1v) is 5.23. The molecular formula is C10H10ClN3O2. The Bertz CT molecular complexity index is 459. The number of anilines is 1. The molecule has 0 aliphatic carbocycles. The van der Waals surface area contributed by atoms with Crippen molar-refractivity contribution >= 4 is 29.1 Å². The third-order valence-corrected chi connectivity index (χ3v) is 2.45. The average molecular weight is 240 g/mol. The summed E-state index contributed by atoms with van der Waals surface area (Å²) in [7, 11) is 0. The maximum absolute atomic E-state index is 11.3. The summed E-state index contributed by atoms with van der Waals surface area (Å²) >= 11 is 5.62. The largest absolute Gasteiger partial charge is 0.347 e. The zero-order chi connectivity index (χ0) is 11.7. The predicted octanol–water partition coefficient (Wildman–Crippen LogP) is 0.891. The fourth-order valence-corrected chi connectivity index (χ4v) is 1.47. The SMILES string of the molecule is CC(Cl)C(=O)Nc1cnc2c(c1)CNC2=O. The van der Waals surface area contributed by atoms with Crippen LogP contribution in [0.3, 0.4) is 0 Å². The fourth-order valence-electron chi connectivity index (χ4n) is 1.42. The van der Waals surface area contributed by atoms with E-state index in [1.807, 2.05) is 0 Å². The molecule has 0 bridgehead atoms. The van der Waals surface area contributed by atoms with Crippen molar-refractivity contribution in [3.05, 3.63) is 23.5 Å². The lowest BCUT2D eigenvalue weighted by molar-refractivity contribution is -0.115. The van der Waals surface area contributed by atoms with Gasteiger partial charge in [-0.2, -0.15) is 0 Å². The molecule has 0 radical (unpaired) electrons. The van der Waals surface area contributed by atoms with Gasteiger partial charge in [-0.15, -0.1) is 11.6 Å². The fraction of sp³-hybridized carbons (Fsp3) is 0.300. The number of hydrogen-bond donors (Lipinski definition) is 2. The third-order valence-electron chi connectivity index (χ3n) is 2.25. The van der Waals surface area contributed by atoms with Gasteiger partial charge in [0.15, 0.2) is 0 Å². The molecular weight excluding hydrogens is 230 g/mol. The van der Waals surface area contributed by atoms with Crippen molar-refractivity contribution < 1.29 is 9.59 Å². The van der Waals surface area contributed by atoms with Gasteiger partial charge >= 0.3 is 0 Å². The summed E-state index contributed by atoms with van der Waals surface area (Å²) in [5.41, 5.74) is 1.75. The highest BCUT2D eigenvalue weighted by atomic mass is 35.5. The summed E-state index contributed by atoms with van der Waals surface area (Å²) in [4.78, 5) is 26.5. The van der Waals surface area contributed by atoms with Crippen LogP contribution in [0.25, 0.3) is 0 Å². The highest BCUT2D eigenvalue weighted by Gasteiger charge is 2.21. The number of amides is 2. The number of carbonyl (C=O) groups is 2. The molecule has 2 rings (SSSR count). The molecule has 5 nitrogen and oxygen atoms in total. The molecule has 2 amide bonds. The number of halogens is 1. The van der Waals surface area contributed by atoms with Gasteiger partial charge in [-0.3, -0.25) is 9.59 Å². The Morgan fingerprint density at radius 2 is 2.44 bits per heavy atom. The number of pyridine rings is 1. The number of hydrogen-bond acceptors (Lipinski definition) is 3. The van der Waals surface area contributed by atoms with Crippen LogP contribution >= 0.6 is 11.6 Å². The van der Waals surface area contributed by atoms with Crippen LogP contribution in [0.15, 0.2) is 12.3 Å². The second-order valence-electron chi connectivity index (χ2n) is 3.52. The molecule has 0 saturated heterocycles. The highest BCUT2D eigenvalue weighted by molar-refractivity contribution is 6.32. The van der Waals surface area contributed by atoms with Crippen LogP contribution in [0, 0.1) is 0 Å². The van der Waals surface area contributed by atoms with E-state index in [0.717, 1.165) is 5.56 Å². The minimum Gasteiger partial charge on any atom is -0.347 e. The van der Waals surface area contributed by atoms with Gasteiger partial charge in [0.2, 0.25) is 5.91 Å². The Hall–Kier alpha value is -1.62. The third kappa shape index (κ3) is 1.99. The van der Waals surface area contributed by atoms with E-state index in [4.69, 9.17) is 11.6 Å². The molecule has 16 heavy (non-hydrogen) atoms. The standard InChI is InChI=1S/C10H10ClN3O2/c1-5(11)9(15)14-7-2-6-3-13-10(16)8(6)12-4-7/h2,4-5H,3H2,1H3,(H,13,16)(H,14,15). The van der Waals surface area contributed by atoms with Gasteiger partial charge in [0.1, 0.15) is 11.1 Å². The van der Waals surface area contributed by atoms with E-state index in [9.17, 15) is 9.59 Å². The molecule has 0 spiro atoms. The molecule has 0 saturated carbocycles. The quantitative estimate of drug-likeness (QED) is 0.753. The van der Waals surface area contributed by atoms with Gasteiger partial charge < -0.3 is 10.6 Å². The van der Waals surface area contributed by atoms with Gasteiger partial charge in [0.25, 0.3) is 5.91 Å². The van der Waals surface area contributed by atoms with Crippen LogP contribution in [-0.2, 0) is 11.3 Å². The minimum atomic E-state index is -0.604. The van der Waals surface area contributed by atoms with Crippen LogP contribution in [0.5, 0.6) is 0 Å². The Kier molecular flexibility index (Phi) is 2.78. The van der Waals surface area contributed by atoms with Gasteiger partial charge in [-0.05, 0) is 13.0 Å². The zero-order valence-electron chi connectivity index (χ0n) is 8.58. The van der Waals surface area contributed by atoms with Crippen molar-refractivity contribution in [1.29, 1.82) is 0 Å². The summed E-state index contributed by atoms with van der Waals surface area (Å²) in [6.07, 6.45) is 1.45. The maximum atomic E-state index is 11.3. The number of nitrogens with zero attached hydrogens (tertiary/aromatic N) is 1. The van der Waals surface area contributed by atoms with E-state index in [2.05, 4.69) is 15.6 Å².